The Bertz CT molecular complexity index is 943. The molecular weight excluding hydrogens is 374 g/mol. The molecule has 0 saturated heterocycles. The van der Waals surface area contributed by atoms with Crippen LogP contribution >= 0.6 is 11.8 Å². The van der Waals surface area contributed by atoms with Gasteiger partial charge in [-0.15, -0.1) is 10.2 Å². The zero-order valence-corrected chi connectivity index (χ0v) is 17.0. The highest BCUT2D eigenvalue weighted by atomic mass is 32.2. The summed E-state index contributed by atoms with van der Waals surface area (Å²) in [5.41, 5.74) is 2.62. The first-order valence-electron chi connectivity index (χ1n) is 9.03. The highest BCUT2D eigenvalue weighted by Crippen LogP contribution is 2.27. The van der Waals surface area contributed by atoms with E-state index in [4.69, 9.17) is 4.74 Å². The van der Waals surface area contributed by atoms with E-state index in [1.54, 1.807) is 19.5 Å². The summed E-state index contributed by atoms with van der Waals surface area (Å²) in [5.74, 6) is 1.50. The third kappa shape index (κ3) is 4.69. The van der Waals surface area contributed by atoms with Crippen LogP contribution in [0.2, 0.25) is 0 Å². The fourth-order valence-corrected chi connectivity index (χ4v) is 3.53. The number of aryl methyl sites for hydroxylation is 1. The summed E-state index contributed by atoms with van der Waals surface area (Å²) >= 11 is 1.36. The van der Waals surface area contributed by atoms with E-state index < -0.39 is 0 Å². The summed E-state index contributed by atoms with van der Waals surface area (Å²) in [6.45, 7) is 4.84. The summed E-state index contributed by atoms with van der Waals surface area (Å²) in [7, 11) is 1.59. The number of ether oxygens (including phenoxy) is 1. The van der Waals surface area contributed by atoms with E-state index in [0.29, 0.717) is 16.6 Å². The zero-order chi connectivity index (χ0) is 19.9. The van der Waals surface area contributed by atoms with E-state index in [9.17, 15) is 4.79 Å². The number of methoxy groups -OCH3 is 1. The van der Waals surface area contributed by atoms with Gasteiger partial charge < -0.3 is 14.6 Å². The summed E-state index contributed by atoms with van der Waals surface area (Å²) in [6.07, 6.45) is 4.43. The number of carbonyl (C=O) groups excluding carboxylic acids is 1. The molecule has 3 aromatic rings. The van der Waals surface area contributed by atoms with Gasteiger partial charge in [0.1, 0.15) is 5.75 Å². The number of nitrogens with one attached hydrogen (secondary N) is 1. The lowest BCUT2D eigenvalue weighted by Gasteiger charge is -2.11. The van der Waals surface area contributed by atoms with Crippen molar-refractivity contribution in [1.29, 1.82) is 0 Å². The number of pyridine rings is 1. The van der Waals surface area contributed by atoms with Gasteiger partial charge in [-0.3, -0.25) is 9.78 Å². The fraction of sp³-hybridized carbons (Fsp3) is 0.300. The summed E-state index contributed by atoms with van der Waals surface area (Å²) in [6, 6.07) is 9.50. The molecule has 0 aliphatic heterocycles. The molecule has 2 heterocycles. The third-order valence-corrected chi connectivity index (χ3v) is 5.01. The van der Waals surface area contributed by atoms with Crippen LogP contribution in [-0.2, 0) is 11.3 Å². The van der Waals surface area contributed by atoms with Gasteiger partial charge in [-0.2, -0.15) is 0 Å². The number of benzene rings is 1. The monoisotopic (exact) mass is 397 g/mol. The predicted molar refractivity (Wildman–Crippen MR) is 111 cm³/mol. The Labute approximate surface area is 168 Å². The minimum Gasteiger partial charge on any atom is -0.495 e. The molecular formula is C20H23N5O2S. The van der Waals surface area contributed by atoms with Crippen LogP contribution < -0.4 is 10.1 Å². The lowest BCUT2D eigenvalue weighted by molar-refractivity contribution is -0.113. The zero-order valence-electron chi connectivity index (χ0n) is 16.2. The maximum absolute atomic E-state index is 12.5. The maximum atomic E-state index is 12.5. The van der Waals surface area contributed by atoms with Crippen LogP contribution in [0.1, 0.15) is 18.9 Å². The molecule has 0 aliphatic carbocycles. The predicted octanol–water partition coefficient (Wildman–Crippen LogP) is 3.80. The first-order valence-corrected chi connectivity index (χ1v) is 10.0. The molecule has 8 heteroatoms. The van der Waals surface area contributed by atoms with Crippen molar-refractivity contribution in [1.82, 2.24) is 19.7 Å². The fourth-order valence-electron chi connectivity index (χ4n) is 2.77. The third-order valence-electron chi connectivity index (χ3n) is 4.05. The van der Waals surface area contributed by atoms with Crippen molar-refractivity contribution in [2.75, 3.05) is 18.2 Å². The molecule has 7 nitrogen and oxygen atoms in total. The number of hydrogen-bond donors (Lipinski definition) is 1. The topological polar surface area (TPSA) is 81.9 Å². The number of rotatable bonds is 8. The number of hydrogen-bond acceptors (Lipinski definition) is 6. The van der Waals surface area contributed by atoms with Crippen molar-refractivity contribution in [3.05, 3.63) is 48.3 Å². The summed E-state index contributed by atoms with van der Waals surface area (Å²) < 4.78 is 7.34. The van der Waals surface area contributed by atoms with Gasteiger partial charge in [0.25, 0.3) is 0 Å². The molecule has 2 aromatic heterocycles. The van der Waals surface area contributed by atoms with Gasteiger partial charge >= 0.3 is 0 Å². The van der Waals surface area contributed by atoms with E-state index >= 15 is 0 Å². The normalized spacial score (nSPS) is 10.7. The highest BCUT2D eigenvalue weighted by molar-refractivity contribution is 7.99. The van der Waals surface area contributed by atoms with E-state index in [1.807, 2.05) is 41.8 Å². The van der Waals surface area contributed by atoms with E-state index in [2.05, 4.69) is 27.4 Å². The van der Waals surface area contributed by atoms with Crippen LogP contribution in [0, 0.1) is 6.92 Å². The number of amides is 1. The minimum absolute atomic E-state index is 0.122. The van der Waals surface area contributed by atoms with Crippen molar-refractivity contribution in [3.8, 4) is 17.1 Å². The Kier molecular flexibility index (Phi) is 6.65. The number of carbonyl (C=O) groups is 1. The van der Waals surface area contributed by atoms with Crippen LogP contribution in [0.4, 0.5) is 5.69 Å². The van der Waals surface area contributed by atoms with Crippen molar-refractivity contribution < 1.29 is 9.53 Å². The lowest BCUT2D eigenvalue weighted by atomic mass is 10.2. The van der Waals surface area contributed by atoms with Crippen LogP contribution in [-0.4, -0.2) is 38.5 Å². The van der Waals surface area contributed by atoms with Gasteiger partial charge in [0, 0.05) is 24.5 Å². The molecule has 0 saturated carbocycles. The van der Waals surface area contributed by atoms with E-state index in [0.717, 1.165) is 29.9 Å². The molecule has 3 rings (SSSR count). The lowest BCUT2D eigenvalue weighted by Crippen LogP contribution is -2.15. The molecule has 0 spiro atoms. The van der Waals surface area contributed by atoms with Crippen LogP contribution in [0.5, 0.6) is 5.75 Å². The first kappa shape index (κ1) is 19.9. The molecule has 0 atom stereocenters. The van der Waals surface area contributed by atoms with Gasteiger partial charge in [0.05, 0.1) is 18.6 Å². The van der Waals surface area contributed by atoms with Crippen LogP contribution in [0.15, 0.2) is 47.9 Å². The molecule has 28 heavy (non-hydrogen) atoms. The highest BCUT2D eigenvalue weighted by Gasteiger charge is 2.16. The number of thioether (sulfide) groups is 1. The molecule has 0 aliphatic rings. The second kappa shape index (κ2) is 9.36. The first-order chi connectivity index (χ1) is 13.6. The van der Waals surface area contributed by atoms with E-state index in [-0.39, 0.29) is 11.7 Å². The van der Waals surface area contributed by atoms with Crippen LogP contribution in [0.3, 0.4) is 0 Å². The molecule has 1 N–H and O–H groups in total. The second-order valence-electron chi connectivity index (χ2n) is 6.24. The smallest absolute Gasteiger partial charge is 0.234 e. The van der Waals surface area contributed by atoms with Gasteiger partial charge in [-0.05, 0) is 43.2 Å². The molecule has 0 radical (unpaired) electrons. The Morgan fingerprint density at radius 3 is 2.86 bits per heavy atom. The quantitative estimate of drug-likeness (QED) is 0.582. The van der Waals surface area contributed by atoms with Crippen molar-refractivity contribution in [2.45, 2.75) is 32.0 Å². The second-order valence-corrected chi connectivity index (χ2v) is 7.18. The van der Waals surface area contributed by atoms with Crippen molar-refractivity contribution >= 4 is 23.4 Å². The molecule has 1 aromatic carbocycles. The Morgan fingerprint density at radius 1 is 1.29 bits per heavy atom. The molecule has 1 amide bonds. The number of nitrogens with zero attached hydrogens (tertiary/aromatic N) is 4. The van der Waals surface area contributed by atoms with Gasteiger partial charge in [0.2, 0.25) is 5.91 Å². The van der Waals surface area contributed by atoms with Gasteiger partial charge in [-0.25, -0.2) is 0 Å². The molecule has 146 valence electrons. The maximum Gasteiger partial charge on any atom is 0.234 e. The Balaban J connectivity index is 1.71. The standard InChI is InChI=1S/C20H23N5O2S/c1-4-10-25-19(15-6-5-9-21-12-15)23-24-20(25)28-13-18(26)22-16-11-14(2)7-8-17(16)27-3/h5-9,11-12H,4,10,13H2,1-3H3,(H,22,26). The molecule has 0 fully saturated rings. The number of aromatic nitrogens is 4. The van der Waals surface area contributed by atoms with E-state index in [1.165, 1.54) is 11.8 Å². The average Bonchev–Trinajstić information content (AvgIpc) is 3.10. The largest absolute Gasteiger partial charge is 0.495 e. The Hall–Kier alpha value is -2.87. The summed E-state index contributed by atoms with van der Waals surface area (Å²) in [5, 5.41) is 12.2. The average molecular weight is 398 g/mol. The van der Waals surface area contributed by atoms with Gasteiger partial charge in [0.15, 0.2) is 11.0 Å². The molecule has 0 bridgehead atoms. The van der Waals surface area contributed by atoms with Crippen LogP contribution in [0.25, 0.3) is 11.4 Å². The summed E-state index contributed by atoms with van der Waals surface area (Å²) in [4.78, 5) is 16.6. The molecule has 0 unspecified atom stereocenters. The number of anilines is 1. The van der Waals surface area contributed by atoms with Gasteiger partial charge in [-0.1, -0.05) is 24.8 Å². The van der Waals surface area contributed by atoms with Crippen molar-refractivity contribution in [3.63, 3.8) is 0 Å². The SMILES string of the molecule is CCCn1c(SCC(=O)Nc2cc(C)ccc2OC)nnc1-c1cccnc1. The minimum atomic E-state index is -0.122. The van der Waals surface area contributed by atoms with Crippen molar-refractivity contribution in [2.24, 2.45) is 0 Å². The Morgan fingerprint density at radius 2 is 2.14 bits per heavy atom.